The zero-order valence-electron chi connectivity index (χ0n) is 15.7. The summed E-state index contributed by atoms with van der Waals surface area (Å²) >= 11 is 0. The number of anilines is 1. The van der Waals surface area contributed by atoms with E-state index >= 15 is 0 Å². The molecule has 0 atom stereocenters. The second-order valence-corrected chi connectivity index (χ2v) is 6.71. The van der Waals surface area contributed by atoms with Crippen LogP contribution in [-0.4, -0.2) is 40.1 Å². The van der Waals surface area contributed by atoms with Crippen LogP contribution in [0.2, 0.25) is 0 Å². The fourth-order valence-electron chi connectivity index (χ4n) is 3.07. The number of amides is 1. The first-order valence-electron chi connectivity index (χ1n) is 8.85. The van der Waals surface area contributed by atoms with Crippen LogP contribution < -0.4 is 15.4 Å². The van der Waals surface area contributed by atoms with Gasteiger partial charge in [-0.05, 0) is 58.8 Å². The van der Waals surface area contributed by atoms with Crippen molar-refractivity contribution >= 4 is 24.0 Å². The van der Waals surface area contributed by atoms with Crippen molar-refractivity contribution in [3.05, 3.63) is 35.4 Å². The molecular formula is C18H25ClFN5O2. The lowest BCUT2D eigenvalue weighted by atomic mass is 10.1. The van der Waals surface area contributed by atoms with Gasteiger partial charge in [0, 0.05) is 6.07 Å². The number of hydrogen-bond donors (Lipinski definition) is 2. The van der Waals surface area contributed by atoms with Crippen LogP contribution in [0.25, 0.3) is 0 Å². The molecule has 1 fully saturated rings. The van der Waals surface area contributed by atoms with Crippen LogP contribution in [0.1, 0.15) is 48.9 Å². The van der Waals surface area contributed by atoms with Gasteiger partial charge in [-0.25, -0.2) is 9.07 Å². The van der Waals surface area contributed by atoms with E-state index in [2.05, 4.69) is 20.9 Å². The molecule has 0 unspecified atom stereocenters. The third kappa shape index (κ3) is 4.95. The monoisotopic (exact) mass is 397 g/mol. The summed E-state index contributed by atoms with van der Waals surface area (Å²) < 4.78 is 21.5. The normalized spacial score (nSPS) is 14.7. The Bertz CT molecular complexity index is 790. The highest BCUT2D eigenvalue weighted by Crippen LogP contribution is 2.23. The van der Waals surface area contributed by atoms with E-state index in [0.717, 1.165) is 25.9 Å². The number of aromatic nitrogens is 3. The molecule has 0 aliphatic carbocycles. The largest absolute Gasteiger partial charge is 0.491 e. The fraction of sp³-hybridized carbons (Fsp3) is 0.500. The molecule has 1 aromatic carbocycles. The molecule has 7 nitrogen and oxygen atoms in total. The molecule has 0 spiro atoms. The number of hydrogen-bond acceptors (Lipinski definition) is 5. The molecule has 0 bridgehead atoms. The minimum absolute atomic E-state index is 0. The molecule has 3 rings (SSSR count). The minimum atomic E-state index is -0.556. The summed E-state index contributed by atoms with van der Waals surface area (Å²) in [5, 5.41) is 14.0. The predicted molar refractivity (Wildman–Crippen MR) is 103 cm³/mol. The zero-order chi connectivity index (χ0) is 18.7. The first-order chi connectivity index (χ1) is 12.5. The van der Waals surface area contributed by atoms with Crippen molar-refractivity contribution in [3.63, 3.8) is 0 Å². The van der Waals surface area contributed by atoms with Crippen LogP contribution in [0.15, 0.2) is 18.2 Å². The van der Waals surface area contributed by atoms with Crippen LogP contribution in [0.4, 0.5) is 10.1 Å². The van der Waals surface area contributed by atoms with E-state index in [-0.39, 0.29) is 35.9 Å². The molecule has 1 amide bonds. The summed E-state index contributed by atoms with van der Waals surface area (Å²) in [5.74, 6) is -0.609. The number of ether oxygens (including phenoxy) is 1. The lowest BCUT2D eigenvalue weighted by Gasteiger charge is -2.23. The average Bonchev–Trinajstić information content (AvgIpc) is 2.99. The number of carbonyl (C=O) groups excluding carboxylic acids is 1. The van der Waals surface area contributed by atoms with E-state index in [9.17, 15) is 9.18 Å². The van der Waals surface area contributed by atoms with E-state index in [1.54, 1.807) is 10.7 Å². The molecule has 1 aliphatic rings. The second kappa shape index (κ2) is 9.14. The first kappa shape index (κ1) is 21.1. The predicted octanol–water partition coefficient (Wildman–Crippen LogP) is 3.11. The standard InChI is InChI=1S/C18H24FN5O2.ClH/c1-11(2)26-14-4-5-16(15(19)10-14)21-18(25)17-12(3)24(23-22-17)13-6-8-20-9-7-13;/h4-5,10-11,13,20H,6-9H2,1-3H3,(H,21,25);1H. The smallest absolute Gasteiger partial charge is 0.278 e. The van der Waals surface area contributed by atoms with E-state index in [0.29, 0.717) is 11.4 Å². The second-order valence-electron chi connectivity index (χ2n) is 6.71. The third-order valence-corrected chi connectivity index (χ3v) is 4.36. The number of halogens is 2. The molecule has 1 aliphatic heterocycles. The molecule has 0 saturated carbocycles. The van der Waals surface area contributed by atoms with Gasteiger partial charge in [-0.1, -0.05) is 5.21 Å². The van der Waals surface area contributed by atoms with Gasteiger partial charge in [-0.15, -0.1) is 17.5 Å². The number of rotatable bonds is 5. The van der Waals surface area contributed by atoms with Gasteiger partial charge in [0.1, 0.15) is 11.6 Å². The van der Waals surface area contributed by atoms with Gasteiger partial charge in [0.15, 0.2) is 5.69 Å². The van der Waals surface area contributed by atoms with Crippen molar-refractivity contribution in [1.29, 1.82) is 0 Å². The summed E-state index contributed by atoms with van der Waals surface area (Å²) in [6.07, 6.45) is 1.83. The topological polar surface area (TPSA) is 81.1 Å². The molecule has 9 heteroatoms. The molecule has 2 heterocycles. The quantitative estimate of drug-likeness (QED) is 0.810. The van der Waals surface area contributed by atoms with Crippen molar-refractivity contribution < 1.29 is 13.9 Å². The molecule has 0 radical (unpaired) electrons. The third-order valence-electron chi connectivity index (χ3n) is 4.36. The maximum Gasteiger partial charge on any atom is 0.278 e. The molecule has 27 heavy (non-hydrogen) atoms. The van der Waals surface area contributed by atoms with Gasteiger partial charge >= 0.3 is 0 Å². The summed E-state index contributed by atoms with van der Waals surface area (Å²) in [7, 11) is 0. The molecule has 1 saturated heterocycles. The minimum Gasteiger partial charge on any atom is -0.491 e. The Morgan fingerprint density at radius 1 is 1.37 bits per heavy atom. The SMILES string of the molecule is Cc1c(C(=O)Nc2ccc(OC(C)C)cc2F)nnn1C1CCNCC1.Cl. The van der Waals surface area contributed by atoms with Crippen molar-refractivity contribution in [1.82, 2.24) is 20.3 Å². The van der Waals surface area contributed by atoms with Crippen LogP contribution in [0.3, 0.4) is 0 Å². The van der Waals surface area contributed by atoms with Crippen LogP contribution >= 0.6 is 12.4 Å². The number of benzene rings is 1. The Morgan fingerprint density at radius 2 is 2.07 bits per heavy atom. The average molecular weight is 398 g/mol. The number of nitrogens with one attached hydrogen (secondary N) is 2. The fourth-order valence-corrected chi connectivity index (χ4v) is 3.07. The van der Waals surface area contributed by atoms with Crippen molar-refractivity contribution in [3.8, 4) is 5.75 Å². The lowest BCUT2D eigenvalue weighted by Crippen LogP contribution is -2.30. The highest BCUT2D eigenvalue weighted by atomic mass is 35.5. The van der Waals surface area contributed by atoms with Crippen molar-refractivity contribution in [2.45, 2.75) is 45.8 Å². The van der Waals surface area contributed by atoms with Crippen LogP contribution in [0, 0.1) is 12.7 Å². The highest BCUT2D eigenvalue weighted by molar-refractivity contribution is 6.03. The summed E-state index contributed by atoms with van der Waals surface area (Å²) in [4.78, 5) is 12.5. The Morgan fingerprint density at radius 3 is 2.70 bits per heavy atom. The Balaban J connectivity index is 0.00000261. The van der Waals surface area contributed by atoms with E-state index in [1.807, 2.05) is 20.8 Å². The lowest BCUT2D eigenvalue weighted by molar-refractivity contribution is 0.102. The van der Waals surface area contributed by atoms with E-state index in [4.69, 9.17) is 4.74 Å². The molecule has 1 aromatic heterocycles. The summed E-state index contributed by atoms with van der Waals surface area (Å²) in [6, 6.07) is 4.60. The molecule has 148 valence electrons. The maximum absolute atomic E-state index is 14.2. The van der Waals surface area contributed by atoms with Gasteiger partial charge in [0.05, 0.1) is 23.5 Å². The summed E-state index contributed by atoms with van der Waals surface area (Å²) in [6.45, 7) is 7.38. The van der Waals surface area contributed by atoms with Gasteiger partial charge in [-0.3, -0.25) is 4.79 Å². The van der Waals surface area contributed by atoms with Gasteiger partial charge < -0.3 is 15.4 Å². The van der Waals surface area contributed by atoms with Crippen molar-refractivity contribution in [2.24, 2.45) is 0 Å². The van der Waals surface area contributed by atoms with Gasteiger partial charge in [-0.2, -0.15) is 0 Å². The highest BCUT2D eigenvalue weighted by Gasteiger charge is 2.23. The Kier molecular flexibility index (Phi) is 7.15. The molecule has 2 aromatic rings. The van der Waals surface area contributed by atoms with Gasteiger partial charge in [0.2, 0.25) is 0 Å². The first-order valence-corrected chi connectivity index (χ1v) is 8.85. The zero-order valence-corrected chi connectivity index (χ0v) is 16.5. The Labute approximate surface area is 164 Å². The number of carbonyl (C=O) groups is 1. The van der Waals surface area contributed by atoms with Gasteiger partial charge in [0.25, 0.3) is 5.91 Å². The van der Waals surface area contributed by atoms with Crippen LogP contribution in [-0.2, 0) is 0 Å². The summed E-state index contributed by atoms with van der Waals surface area (Å²) in [5.41, 5.74) is 0.988. The molecular weight excluding hydrogens is 373 g/mol. The maximum atomic E-state index is 14.2. The number of nitrogens with zero attached hydrogens (tertiary/aromatic N) is 3. The Hall–Kier alpha value is -2.19. The van der Waals surface area contributed by atoms with Crippen molar-refractivity contribution in [2.75, 3.05) is 18.4 Å². The van der Waals surface area contributed by atoms with E-state index < -0.39 is 11.7 Å². The molecule has 2 N–H and O–H groups in total. The van der Waals surface area contributed by atoms with E-state index in [1.165, 1.54) is 12.1 Å². The number of piperidine rings is 1. The van der Waals surface area contributed by atoms with Crippen LogP contribution in [0.5, 0.6) is 5.75 Å².